The van der Waals surface area contributed by atoms with Gasteiger partial charge in [0.25, 0.3) is 5.91 Å². The van der Waals surface area contributed by atoms with Crippen molar-refractivity contribution in [3.8, 4) is 11.3 Å². The fraction of sp³-hybridized carbons (Fsp3) is 0.167. The molecule has 0 spiro atoms. The number of nitrogens with one attached hydrogen (secondary N) is 3. The molecule has 9 nitrogen and oxygen atoms in total. The van der Waals surface area contributed by atoms with E-state index in [4.69, 9.17) is 5.73 Å². The first-order valence-corrected chi connectivity index (χ1v) is 10.6. The molecule has 0 unspecified atom stereocenters. The molecule has 0 saturated heterocycles. The number of benzene rings is 2. The Morgan fingerprint density at radius 2 is 2.09 bits per heavy atom. The summed E-state index contributed by atoms with van der Waals surface area (Å²) in [6, 6.07) is 13.3. The van der Waals surface area contributed by atoms with Crippen molar-refractivity contribution in [2.24, 2.45) is 17.9 Å². The molecule has 4 aromatic rings. The van der Waals surface area contributed by atoms with Crippen LogP contribution >= 0.6 is 0 Å². The number of hydrogen-bond donors (Lipinski definition) is 4. The van der Waals surface area contributed by atoms with Gasteiger partial charge in [-0.1, -0.05) is 30.3 Å². The molecule has 164 valence electrons. The molecule has 2 aromatic heterocycles. The van der Waals surface area contributed by atoms with Crippen LogP contribution in [0.2, 0.25) is 0 Å². The minimum absolute atomic E-state index is 0.0324. The number of nitrogens with two attached hydrogens (primary N) is 1. The molecule has 3 heterocycles. The molecule has 1 aliphatic carbocycles. The SMILES string of the molecule is Cn1cc(-c2[nH]c3cc(NC(=O)[C@]4(N)C[C@H]4c4ccccc4)cc4c3c2C=NNC4=O)cn1. The van der Waals surface area contributed by atoms with Crippen LogP contribution < -0.4 is 16.5 Å². The summed E-state index contributed by atoms with van der Waals surface area (Å²) in [6.07, 6.45) is 5.82. The number of anilines is 1. The number of aryl methyl sites for hydroxylation is 1. The van der Waals surface area contributed by atoms with Gasteiger partial charge in [-0.05, 0) is 24.1 Å². The van der Waals surface area contributed by atoms with E-state index in [0.29, 0.717) is 23.2 Å². The number of amides is 2. The molecular weight excluding hydrogens is 418 g/mol. The van der Waals surface area contributed by atoms with Gasteiger partial charge in [-0.15, -0.1) is 0 Å². The highest BCUT2D eigenvalue weighted by molar-refractivity contribution is 6.18. The van der Waals surface area contributed by atoms with E-state index in [1.54, 1.807) is 23.2 Å². The minimum atomic E-state index is -0.975. The Hall–Kier alpha value is -4.24. The third-order valence-corrected chi connectivity index (χ3v) is 6.42. The summed E-state index contributed by atoms with van der Waals surface area (Å²) in [7, 11) is 1.84. The molecule has 1 aliphatic heterocycles. The first-order valence-electron chi connectivity index (χ1n) is 10.6. The van der Waals surface area contributed by atoms with E-state index in [0.717, 1.165) is 27.8 Å². The quantitative estimate of drug-likeness (QED) is 0.389. The molecule has 0 radical (unpaired) electrons. The molecule has 1 saturated carbocycles. The van der Waals surface area contributed by atoms with Gasteiger partial charge in [-0.3, -0.25) is 14.3 Å². The fourth-order valence-corrected chi connectivity index (χ4v) is 4.61. The predicted molar refractivity (Wildman–Crippen MR) is 125 cm³/mol. The van der Waals surface area contributed by atoms with E-state index < -0.39 is 5.54 Å². The van der Waals surface area contributed by atoms with Gasteiger partial charge in [-0.25, -0.2) is 5.43 Å². The number of aromatic nitrogens is 3. The minimum Gasteiger partial charge on any atom is -0.354 e. The highest BCUT2D eigenvalue weighted by atomic mass is 16.2. The Morgan fingerprint density at radius 1 is 1.27 bits per heavy atom. The van der Waals surface area contributed by atoms with Crippen molar-refractivity contribution in [2.45, 2.75) is 17.9 Å². The van der Waals surface area contributed by atoms with Crippen molar-refractivity contribution >= 4 is 34.6 Å². The lowest BCUT2D eigenvalue weighted by molar-refractivity contribution is -0.118. The molecule has 1 fully saturated rings. The van der Waals surface area contributed by atoms with Gasteiger partial charge in [0, 0.05) is 46.9 Å². The Kier molecular flexibility index (Phi) is 4.05. The van der Waals surface area contributed by atoms with Crippen molar-refractivity contribution in [2.75, 3.05) is 5.32 Å². The molecule has 9 heteroatoms. The molecule has 2 atom stereocenters. The van der Waals surface area contributed by atoms with Crippen LogP contribution in [0.15, 0.2) is 60.0 Å². The number of hydrogen-bond acceptors (Lipinski definition) is 5. The summed E-state index contributed by atoms with van der Waals surface area (Å²) in [5.41, 5.74) is 13.1. The molecule has 2 amide bonds. The van der Waals surface area contributed by atoms with Gasteiger partial charge in [0.1, 0.15) is 5.54 Å². The second-order valence-corrected chi connectivity index (χ2v) is 8.62. The maximum atomic E-state index is 13.1. The van der Waals surface area contributed by atoms with Gasteiger partial charge in [0.15, 0.2) is 0 Å². The van der Waals surface area contributed by atoms with Crippen LogP contribution in [-0.2, 0) is 11.8 Å². The third kappa shape index (κ3) is 3.05. The van der Waals surface area contributed by atoms with Crippen LogP contribution in [0.4, 0.5) is 5.69 Å². The van der Waals surface area contributed by atoms with Gasteiger partial charge in [0.2, 0.25) is 5.91 Å². The van der Waals surface area contributed by atoms with Crippen molar-refractivity contribution in [1.29, 1.82) is 0 Å². The highest BCUT2D eigenvalue weighted by Gasteiger charge is 2.57. The van der Waals surface area contributed by atoms with E-state index in [-0.39, 0.29) is 17.7 Å². The van der Waals surface area contributed by atoms with Crippen LogP contribution in [0, 0.1) is 0 Å². The first-order chi connectivity index (χ1) is 15.9. The average Bonchev–Trinajstić information content (AvgIpc) is 3.19. The van der Waals surface area contributed by atoms with Gasteiger partial charge in [0.05, 0.1) is 23.7 Å². The number of carbonyl (C=O) groups excluding carboxylic acids is 2. The fourth-order valence-electron chi connectivity index (χ4n) is 4.61. The Bertz CT molecular complexity index is 1470. The molecule has 2 aliphatic rings. The van der Waals surface area contributed by atoms with Crippen LogP contribution in [0.1, 0.15) is 33.8 Å². The number of rotatable bonds is 4. The van der Waals surface area contributed by atoms with Crippen LogP contribution in [-0.4, -0.2) is 38.3 Å². The average molecular weight is 439 g/mol. The number of aromatic amines is 1. The van der Waals surface area contributed by atoms with Crippen molar-refractivity contribution in [3.05, 3.63) is 71.5 Å². The van der Waals surface area contributed by atoms with E-state index in [1.807, 2.05) is 49.6 Å². The number of carbonyl (C=O) groups is 2. The van der Waals surface area contributed by atoms with E-state index in [9.17, 15) is 9.59 Å². The molecule has 0 bridgehead atoms. The van der Waals surface area contributed by atoms with Crippen LogP contribution in [0.3, 0.4) is 0 Å². The second-order valence-electron chi connectivity index (χ2n) is 8.62. The van der Waals surface area contributed by atoms with Crippen LogP contribution in [0.5, 0.6) is 0 Å². The number of nitrogens with zero attached hydrogens (tertiary/aromatic N) is 3. The zero-order valence-corrected chi connectivity index (χ0v) is 17.8. The standard InChI is InChI=1S/C24H21N7O2/c1-31-12-14(10-27-31)21-17-11-26-30-22(32)16-7-15(8-19(29-21)20(16)17)28-23(33)24(25)9-18(24)13-5-3-2-4-6-13/h2-8,10-12,18,29H,9,25H2,1H3,(H,28,33)(H,30,32)/t18-,24-/m0/s1. The topological polar surface area (TPSA) is 130 Å². The molecule has 6 rings (SSSR count). The smallest absolute Gasteiger partial charge is 0.272 e. The van der Waals surface area contributed by atoms with Gasteiger partial charge in [-0.2, -0.15) is 10.2 Å². The van der Waals surface area contributed by atoms with Crippen molar-refractivity contribution < 1.29 is 9.59 Å². The largest absolute Gasteiger partial charge is 0.354 e. The first kappa shape index (κ1) is 19.4. The predicted octanol–water partition coefficient (Wildman–Crippen LogP) is 2.47. The monoisotopic (exact) mass is 439 g/mol. The Balaban J connectivity index is 1.38. The lowest BCUT2D eigenvalue weighted by atomic mass is 10.0. The Morgan fingerprint density at radius 3 is 2.85 bits per heavy atom. The highest BCUT2D eigenvalue weighted by Crippen LogP contribution is 2.50. The third-order valence-electron chi connectivity index (χ3n) is 6.42. The van der Waals surface area contributed by atoms with E-state index in [1.165, 1.54) is 0 Å². The summed E-state index contributed by atoms with van der Waals surface area (Å²) in [6.45, 7) is 0. The van der Waals surface area contributed by atoms with Crippen molar-refractivity contribution in [1.82, 2.24) is 20.2 Å². The van der Waals surface area contributed by atoms with E-state index in [2.05, 4.69) is 25.9 Å². The maximum absolute atomic E-state index is 13.1. The normalized spacial score (nSPS) is 21.0. The summed E-state index contributed by atoms with van der Waals surface area (Å²) in [4.78, 5) is 29.2. The van der Waals surface area contributed by atoms with Crippen molar-refractivity contribution in [3.63, 3.8) is 0 Å². The zero-order valence-electron chi connectivity index (χ0n) is 17.8. The van der Waals surface area contributed by atoms with E-state index >= 15 is 0 Å². The number of H-pyrrole nitrogens is 1. The Labute approximate surface area is 188 Å². The number of hydrazone groups is 1. The maximum Gasteiger partial charge on any atom is 0.272 e. The van der Waals surface area contributed by atoms with Gasteiger partial charge < -0.3 is 16.0 Å². The zero-order chi connectivity index (χ0) is 22.7. The van der Waals surface area contributed by atoms with Gasteiger partial charge >= 0.3 is 0 Å². The summed E-state index contributed by atoms with van der Waals surface area (Å²) < 4.78 is 1.71. The van der Waals surface area contributed by atoms with Crippen LogP contribution in [0.25, 0.3) is 22.2 Å². The lowest BCUT2D eigenvalue weighted by Gasteiger charge is -2.14. The summed E-state index contributed by atoms with van der Waals surface area (Å²) in [5.74, 6) is -0.652. The summed E-state index contributed by atoms with van der Waals surface area (Å²) >= 11 is 0. The molecule has 33 heavy (non-hydrogen) atoms. The molecule has 5 N–H and O–H groups in total. The molecular formula is C24H21N7O2. The lowest BCUT2D eigenvalue weighted by Crippen LogP contribution is -2.39. The second kappa shape index (κ2) is 6.88. The molecule has 2 aromatic carbocycles. The summed E-state index contributed by atoms with van der Waals surface area (Å²) in [5, 5.41) is 12.0.